The van der Waals surface area contributed by atoms with Crippen molar-refractivity contribution in [2.45, 2.75) is 56.3 Å². The molecule has 2 heterocycles. The molecular formula is C25H30N2O4S2. The minimum atomic E-state index is -3.57. The number of sulfone groups is 1. The van der Waals surface area contributed by atoms with Gasteiger partial charge < -0.3 is 10.0 Å². The molecule has 8 heteroatoms. The van der Waals surface area contributed by atoms with Gasteiger partial charge in [0.25, 0.3) is 5.91 Å². The number of para-hydroxylation sites is 1. The standard InChI is InChI=1S/C25H30N2O4S2/c1-24(2,3)16-25(29)11-13-27(14-12-25)23(28)19-9-7-18(8-10-19)15-33(30,31)21-6-4-5-20-22(21)26-17-32-20/h4-10,17,29H,11-16H2,1-3H3. The van der Waals surface area contributed by atoms with Crippen LogP contribution in [-0.4, -0.2) is 48.0 Å². The first-order valence-electron chi connectivity index (χ1n) is 11.1. The van der Waals surface area contributed by atoms with Gasteiger partial charge in [-0.1, -0.05) is 39.0 Å². The zero-order valence-electron chi connectivity index (χ0n) is 19.2. The highest BCUT2D eigenvalue weighted by Crippen LogP contribution is 2.35. The van der Waals surface area contributed by atoms with Gasteiger partial charge in [0.05, 0.1) is 32.0 Å². The van der Waals surface area contributed by atoms with Crippen molar-refractivity contribution in [1.82, 2.24) is 9.88 Å². The van der Waals surface area contributed by atoms with Crippen LogP contribution in [0.4, 0.5) is 0 Å². The molecule has 2 aromatic carbocycles. The molecule has 4 rings (SSSR count). The van der Waals surface area contributed by atoms with Crippen LogP contribution in [0.2, 0.25) is 0 Å². The third-order valence-electron chi connectivity index (χ3n) is 6.06. The summed E-state index contributed by atoms with van der Waals surface area (Å²) in [5, 5.41) is 10.9. The lowest BCUT2D eigenvalue weighted by molar-refractivity contribution is -0.0436. The summed E-state index contributed by atoms with van der Waals surface area (Å²) in [5.74, 6) is -0.240. The molecule has 1 N–H and O–H groups in total. The largest absolute Gasteiger partial charge is 0.390 e. The summed E-state index contributed by atoms with van der Waals surface area (Å²) in [7, 11) is -3.57. The Morgan fingerprint density at radius 3 is 2.42 bits per heavy atom. The van der Waals surface area contributed by atoms with Crippen molar-refractivity contribution in [2.24, 2.45) is 5.41 Å². The molecule has 0 atom stereocenters. The maximum Gasteiger partial charge on any atom is 0.253 e. The molecule has 0 aliphatic carbocycles. The van der Waals surface area contributed by atoms with Crippen molar-refractivity contribution < 1.29 is 18.3 Å². The summed E-state index contributed by atoms with van der Waals surface area (Å²) in [6.45, 7) is 7.36. The number of aliphatic hydroxyl groups is 1. The fourth-order valence-corrected chi connectivity index (χ4v) is 6.92. The van der Waals surface area contributed by atoms with Crippen LogP contribution in [0.25, 0.3) is 10.2 Å². The number of aromatic nitrogens is 1. The van der Waals surface area contributed by atoms with Gasteiger partial charge in [-0.15, -0.1) is 11.3 Å². The second-order valence-corrected chi connectivity index (χ2v) is 13.0. The average Bonchev–Trinajstić information content (AvgIpc) is 3.21. The highest BCUT2D eigenvalue weighted by Gasteiger charge is 2.37. The SMILES string of the molecule is CC(C)(C)CC1(O)CCN(C(=O)c2ccc(CS(=O)(=O)c3cccc4scnc34)cc2)CC1. The Morgan fingerprint density at radius 1 is 1.12 bits per heavy atom. The first-order chi connectivity index (χ1) is 15.5. The minimum absolute atomic E-state index is 0.0299. The zero-order valence-corrected chi connectivity index (χ0v) is 20.9. The van der Waals surface area contributed by atoms with Crippen LogP contribution < -0.4 is 0 Å². The first-order valence-corrected chi connectivity index (χ1v) is 13.6. The number of likely N-dealkylation sites (tertiary alicyclic amines) is 1. The van der Waals surface area contributed by atoms with E-state index in [0.29, 0.717) is 49.0 Å². The van der Waals surface area contributed by atoms with Crippen LogP contribution in [-0.2, 0) is 15.6 Å². The van der Waals surface area contributed by atoms with Crippen molar-refractivity contribution in [3.05, 3.63) is 59.1 Å². The van der Waals surface area contributed by atoms with Gasteiger partial charge in [0, 0.05) is 18.7 Å². The number of rotatable bonds is 5. The monoisotopic (exact) mass is 486 g/mol. The molecule has 6 nitrogen and oxygen atoms in total. The maximum absolute atomic E-state index is 13.0. The molecule has 176 valence electrons. The molecular weight excluding hydrogens is 456 g/mol. The van der Waals surface area contributed by atoms with E-state index in [9.17, 15) is 18.3 Å². The number of nitrogens with zero attached hydrogens (tertiary/aromatic N) is 2. The normalized spacial score (nSPS) is 16.8. The number of piperidine rings is 1. The Hall–Kier alpha value is -2.29. The smallest absolute Gasteiger partial charge is 0.253 e. The van der Waals surface area contributed by atoms with Crippen molar-refractivity contribution in [1.29, 1.82) is 0 Å². The van der Waals surface area contributed by atoms with E-state index in [1.165, 1.54) is 11.3 Å². The number of amides is 1. The fourth-order valence-electron chi connectivity index (χ4n) is 4.62. The summed E-state index contributed by atoms with van der Waals surface area (Å²) >= 11 is 1.41. The van der Waals surface area contributed by atoms with Crippen LogP contribution in [0.1, 0.15) is 56.0 Å². The van der Waals surface area contributed by atoms with Gasteiger partial charge in [-0.05, 0) is 54.5 Å². The molecule has 0 unspecified atom stereocenters. The molecule has 33 heavy (non-hydrogen) atoms. The van der Waals surface area contributed by atoms with E-state index in [-0.39, 0.29) is 22.0 Å². The highest BCUT2D eigenvalue weighted by atomic mass is 32.2. The first kappa shape index (κ1) is 23.9. The molecule has 1 aliphatic heterocycles. The minimum Gasteiger partial charge on any atom is -0.390 e. The molecule has 0 bridgehead atoms. The molecule has 3 aromatic rings. The van der Waals surface area contributed by atoms with Gasteiger partial charge in [-0.3, -0.25) is 4.79 Å². The maximum atomic E-state index is 13.0. The number of fused-ring (bicyclic) bond motifs is 1. The predicted molar refractivity (Wildman–Crippen MR) is 131 cm³/mol. The third-order valence-corrected chi connectivity index (χ3v) is 8.56. The molecule has 1 aliphatic rings. The van der Waals surface area contributed by atoms with Crippen molar-refractivity contribution >= 4 is 37.3 Å². The van der Waals surface area contributed by atoms with E-state index in [1.54, 1.807) is 46.8 Å². The van der Waals surface area contributed by atoms with E-state index < -0.39 is 15.4 Å². The summed E-state index contributed by atoms with van der Waals surface area (Å²) in [5.41, 5.74) is 2.60. The van der Waals surface area contributed by atoms with Crippen molar-refractivity contribution in [3.8, 4) is 0 Å². The van der Waals surface area contributed by atoms with Crippen LogP contribution in [0.5, 0.6) is 0 Å². The van der Waals surface area contributed by atoms with Gasteiger partial charge in [0.1, 0.15) is 0 Å². The van der Waals surface area contributed by atoms with E-state index in [4.69, 9.17) is 0 Å². The third kappa shape index (κ3) is 5.45. The van der Waals surface area contributed by atoms with Crippen LogP contribution >= 0.6 is 11.3 Å². The lowest BCUT2D eigenvalue weighted by Gasteiger charge is -2.41. The number of benzene rings is 2. The van der Waals surface area contributed by atoms with Crippen molar-refractivity contribution in [2.75, 3.05) is 13.1 Å². The van der Waals surface area contributed by atoms with Gasteiger partial charge in [-0.25, -0.2) is 13.4 Å². The Kier molecular flexibility index (Phi) is 6.37. The van der Waals surface area contributed by atoms with Gasteiger partial charge in [-0.2, -0.15) is 0 Å². The van der Waals surface area contributed by atoms with E-state index in [0.717, 1.165) is 4.70 Å². The summed E-state index contributed by atoms with van der Waals surface area (Å²) in [4.78, 5) is 19.2. The molecule has 1 amide bonds. The Labute approximate surface area is 199 Å². The average molecular weight is 487 g/mol. The van der Waals surface area contributed by atoms with Gasteiger partial charge >= 0.3 is 0 Å². The molecule has 0 saturated carbocycles. The number of thiazole rings is 1. The molecule has 0 radical (unpaired) electrons. The summed E-state index contributed by atoms with van der Waals surface area (Å²) in [6.07, 6.45) is 1.84. The number of carbonyl (C=O) groups is 1. The Balaban J connectivity index is 1.42. The molecule has 1 aromatic heterocycles. The second kappa shape index (κ2) is 8.81. The molecule has 0 spiro atoms. The predicted octanol–water partition coefficient (Wildman–Crippen LogP) is 4.67. The topological polar surface area (TPSA) is 87.6 Å². The van der Waals surface area contributed by atoms with E-state index >= 15 is 0 Å². The molecule has 1 fully saturated rings. The van der Waals surface area contributed by atoms with Gasteiger partial charge in [0.15, 0.2) is 9.84 Å². The quantitative estimate of drug-likeness (QED) is 0.566. The second-order valence-electron chi connectivity index (χ2n) is 10.2. The lowest BCUT2D eigenvalue weighted by Crippen LogP contribution is -2.48. The summed E-state index contributed by atoms with van der Waals surface area (Å²) in [6, 6.07) is 12.0. The highest BCUT2D eigenvalue weighted by molar-refractivity contribution is 7.90. The Morgan fingerprint density at radius 2 is 1.79 bits per heavy atom. The number of hydrogen-bond acceptors (Lipinski definition) is 6. The zero-order chi connectivity index (χ0) is 23.9. The van der Waals surface area contributed by atoms with E-state index in [2.05, 4.69) is 25.8 Å². The van der Waals surface area contributed by atoms with Crippen LogP contribution in [0, 0.1) is 5.41 Å². The van der Waals surface area contributed by atoms with Gasteiger partial charge in [0.2, 0.25) is 0 Å². The van der Waals surface area contributed by atoms with Crippen LogP contribution in [0.3, 0.4) is 0 Å². The van der Waals surface area contributed by atoms with E-state index in [1.807, 2.05) is 6.07 Å². The van der Waals surface area contributed by atoms with Crippen molar-refractivity contribution in [3.63, 3.8) is 0 Å². The Bertz CT molecular complexity index is 1250. The number of carbonyl (C=O) groups excluding carboxylic acids is 1. The summed E-state index contributed by atoms with van der Waals surface area (Å²) < 4.78 is 26.9. The fraction of sp³-hybridized carbons (Fsp3) is 0.440. The number of hydrogen-bond donors (Lipinski definition) is 1. The molecule has 1 saturated heterocycles. The lowest BCUT2D eigenvalue weighted by atomic mass is 9.77. The van der Waals surface area contributed by atoms with Crippen LogP contribution in [0.15, 0.2) is 52.9 Å².